The van der Waals surface area contributed by atoms with Crippen molar-refractivity contribution in [2.75, 3.05) is 0 Å². The predicted molar refractivity (Wildman–Crippen MR) is 83.9 cm³/mol. The van der Waals surface area contributed by atoms with Crippen molar-refractivity contribution in [1.82, 2.24) is 0 Å². The first-order chi connectivity index (χ1) is 9.79. The molecule has 0 unspecified atom stereocenters. The van der Waals surface area contributed by atoms with Crippen LogP contribution in [-0.4, -0.2) is 5.78 Å². The Bertz CT molecular complexity index is 617. The van der Waals surface area contributed by atoms with E-state index in [-0.39, 0.29) is 22.9 Å². The molecule has 0 saturated carbocycles. The molecular weight excluding hydrogens is 300 g/mol. The average molecular weight is 316 g/mol. The largest absolute Gasteiger partial charge is 0.748 e. The molecule has 0 aliphatic heterocycles. The van der Waals surface area contributed by atoms with Gasteiger partial charge in [0.15, 0.2) is 0 Å². The topological polar surface area (TPSA) is 17.1 Å². The van der Waals surface area contributed by atoms with E-state index in [0.717, 1.165) is 5.56 Å². The summed E-state index contributed by atoms with van der Waals surface area (Å²) in [6.45, 7) is 3.82. The fourth-order valence-electron chi connectivity index (χ4n) is 1.79. The number of carbonyl (C=O) groups is 1. The van der Waals surface area contributed by atoms with Crippen LogP contribution in [0.5, 0.6) is 0 Å². The first-order valence-corrected chi connectivity index (χ1v) is 6.46. The van der Waals surface area contributed by atoms with Gasteiger partial charge < -0.3 is 35.1 Å². The smallest absolute Gasteiger partial charge is 0.125 e. The van der Waals surface area contributed by atoms with Gasteiger partial charge in [-0.1, -0.05) is 41.5 Å². The van der Waals surface area contributed by atoms with E-state index in [0.29, 0.717) is 11.1 Å². The Hall–Kier alpha value is -2.15. The molecule has 0 fully saturated rings. The Morgan fingerprint density at radius 3 is 1.81 bits per heavy atom. The summed E-state index contributed by atoms with van der Waals surface area (Å²) in [7, 11) is 0. The summed E-state index contributed by atoms with van der Waals surface area (Å²) in [5.41, 5.74) is 2.12. The van der Waals surface area contributed by atoms with Crippen LogP contribution in [0.15, 0.2) is 91.5 Å². The minimum absolute atomic E-state index is 0. The van der Waals surface area contributed by atoms with E-state index >= 15 is 0 Å². The van der Waals surface area contributed by atoms with Gasteiger partial charge in [-0.3, -0.25) is 0 Å². The third-order valence-electron chi connectivity index (χ3n) is 2.88. The predicted octanol–water partition coefficient (Wildman–Crippen LogP) is 4.70. The molecule has 0 radical (unpaired) electrons. The third kappa shape index (κ3) is 5.03. The molecule has 2 heteroatoms. The van der Waals surface area contributed by atoms with Crippen molar-refractivity contribution >= 4 is 11.4 Å². The fourth-order valence-corrected chi connectivity index (χ4v) is 1.79. The van der Waals surface area contributed by atoms with Gasteiger partial charge in [-0.15, -0.1) is 12.1 Å². The van der Waals surface area contributed by atoms with Crippen molar-refractivity contribution < 1.29 is 21.9 Å². The van der Waals surface area contributed by atoms with Gasteiger partial charge >= 0.3 is 0 Å². The van der Waals surface area contributed by atoms with Crippen LogP contribution in [0.4, 0.5) is 0 Å². The molecule has 0 N–H and O–H groups in total. The van der Waals surface area contributed by atoms with E-state index < -0.39 is 0 Å². The molecule has 0 amide bonds. The van der Waals surface area contributed by atoms with Gasteiger partial charge in [0, 0.05) is 17.1 Å². The van der Waals surface area contributed by atoms with Crippen LogP contribution in [0.25, 0.3) is 5.57 Å². The first-order valence-electron chi connectivity index (χ1n) is 6.46. The SMILES string of the molecule is C=C(C(=O)c1ccccc1)[c-]1cccc1.[Fe].[cH-]1[cH-][cH-][cH-][cH-]1. The molecule has 0 aliphatic rings. The number of ketones is 1. The van der Waals surface area contributed by atoms with Crippen molar-refractivity contribution in [2.45, 2.75) is 0 Å². The Labute approximate surface area is 136 Å². The number of carbonyl (C=O) groups excluding carboxylic acids is 1. The summed E-state index contributed by atoms with van der Waals surface area (Å²) >= 11 is 0. The number of hydrogen-bond acceptors (Lipinski definition) is 1. The summed E-state index contributed by atoms with van der Waals surface area (Å²) in [6, 6.07) is 26.8. The Morgan fingerprint density at radius 1 is 0.857 bits per heavy atom. The standard InChI is InChI=1S/C14H11O.C5H5.Fe/c1-11(12-7-5-6-8-12)14(15)13-9-3-2-4-10-13;1-2-4-5-3-1;/h2-10H,1H2;1-5H;/q-1;-5;. The number of hydrogen-bond donors (Lipinski definition) is 0. The van der Waals surface area contributed by atoms with Crippen molar-refractivity contribution in [2.24, 2.45) is 0 Å². The molecule has 3 aromatic carbocycles. The Balaban J connectivity index is 0.000000313. The molecule has 3 rings (SSSR count). The monoisotopic (exact) mass is 316 g/mol. The molecular formula is C19H16FeO-6. The summed E-state index contributed by atoms with van der Waals surface area (Å²) in [4.78, 5) is 11.9. The van der Waals surface area contributed by atoms with Crippen LogP contribution in [0, 0.1) is 0 Å². The summed E-state index contributed by atoms with van der Waals surface area (Å²) in [6.07, 6.45) is 0. The van der Waals surface area contributed by atoms with Gasteiger partial charge in [0.05, 0.1) is 0 Å². The number of benzene rings is 1. The fraction of sp³-hybridized carbons (Fsp3) is 0. The molecule has 0 aromatic heterocycles. The van der Waals surface area contributed by atoms with E-state index in [4.69, 9.17) is 0 Å². The quantitative estimate of drug-likeness (QED) is 0.296. The summed E-state index contributed by atoms with van der Waals surface area (Å²) in [5.74, 6) is -0.0122. The second kappa shape index (κ2) is 8.91. The van der Waals surface area contributed by atoms with Crippen molar-refractivity contribution in [3.8, 4) is 0 Å². The average Bonchev–Trinajstić information content (AvgIpc) is 3.21. The van der Waals surface area contributed by atoms with E-state index in [1.54, 1.807) is 12.1 Å². The normalized spacial score (nSPS) is 8.95. The van der Waals surface area contributed by atoms with Crippen LogP contribution in [0.3, 0.4) is 0 Å². The minimum Gasteiger partial charge on any atom is -0.748 e. The minimum atomic E-state index is -0.0122. The molecule has 0 saturated heterocycles. The van der Waals surface area contributed by atoms with Gasteiger partial charge in [-0.2, -0.15) is 18.7 Å². The van der Waals surface area contributed by atoms with Crippen LogP contribution in [0.2, 0.25) is 0 Å². The zero-order chi connectivity index (χ0) is 14.2. The van der Waals surface area contributed by atoms with Gasteiger partial charge in [-0.25, -0.2) is 0 Å². The third-order valence-corrected chi connectivity index (χ3v) is 2.88. The Morgan fingerprint density at radius 2 is 1.33 bits per heavy atom. The second-order valence-electron chi connectivity index (χ2n) is 4.31. The zero-order valence-electron chi connectivity index (χ0n) is 11.6. The maximum atomic E-state index is 11.9. The molecule has 21 heavy (non-hydrogen) atoms. The molecule has 0 spiro atoms. The molecule has 1 nitrogen and oxygen atoms in total. The van der Waals surface area contributed by atoms with Crippen LogP contribution >= 0.6 is 0 Å². The molecule has 0 bridgehead atoms. The van der Waals surface area contributed by atoms with Gasteiger partial charge in [-0.05, 0) is 5.56 Å². The van der Waals surface area contributed by atoms with Crippen LogP contribution < -0.4 is 0 Å². The molecule has 3 aromatic rings. The molecule has 0 atom stereocenters. The maximum absolute atomic E-state index is 11.9. The van der Waals surface area contributed by atoms with Crippen LogP contribution in [0.1, 0.15) is 15.9 Å². The summed E-state index contributed by atoms with van der Waals surface area (Å²) < 4.78 is 0. The second-order valence-corrected chi connectivity index (χ2v) is 4.31. The van der Waals surface area contributed by atoms with Crippen molar-refractivity contribution in [3.05, 3.63) is 103 Å². The van der Waals surface area contributed by atoms with Gasteiger partial charge in [0.1, 0.15) is 5.78 Å². The molecule has 112 valence electrons. The van der Waals surface area contributed by atoms with E-state index in [2.05, 4.69) is 6.58 Å². The number of Topliss-reactive ketones (excluding diaryl/α,β-unsaturated/α-hetero) is 1. The maximum Gasteiger partial charge on any atom is 0.125 e. The van der Waals surface area contributed by atoms with Gasteiger partial charge in [0.25, 0.3) is 0 Å². The van der Waals surface area contributed by atoms with E-state index in [1.807, 2.05) is 72.8 Å². The van der Waals surface area contributed by atoms with E-state index in [1.165, 1.54) is 0 Å². The van der Waals surface area contributed by atoms with Crippen LogP contribution in [-0.2, 0) is 17.1 Å². The van der Waals surface area contributed by atoms with E-state index in [9.17, 15) is 4.79 Å². The molecule has 0 aliphatic carbocycles. The first kappa shape index (κ1) is 16.9. The Kier molecular flexibility index (Phi) is 7.17. The van der Waals surface area contributed by atoms with Crippen molar-refractivity contribution in [3.63, 3.8) is 0 Å². The van der Waals surface area contributed by atoms with Gasteiger partial charge in [0.2, 0.25) is 0 Å². The number of allylic oxidation sites excluding steroid dienone is 1. The summed E-state index contributed by atoms with van der Waals surface area (Å²) in [5, 5.41) is 0. The zero-order valence-corrected chi connectivity index (χ0v) is 12.7. The molecule has 0 heterocycles. The number of rotatable bonds is 3. The van der Waals surface area contributed by atoms with Crippen molar-refractivity contribution in [1.29, 1.82) is 0 Å².